The molecule has 0 unspecified atom stereocenters. The Bertz CT molecular complexity index is 491. The van der Waals surface area contributed by atoms with Crippen LogP contribution in [0.1, 0.15) is 24.0 Å². The summed E-state index contributed by atoms with van der Waals surface area (Å²) in [6.45, 7) is 3.02. The van der Waals surface area contributed by atoms with Crippen molar-refractivity contribution >= 4 is 5.69 Å². The summed E-state index contributed by atoms with van der Waals surface area (Å²) in [7, 11) is 1.67. The number of ether oxygens (including phenoxy) is 2. The van der Waals surface area contributed by atoms with Gasteiger partial charge in [0.25, 0.3) is 0 Å². The Kier molecular flexibility index (Phi) is 6.00. The number of anilines is 1. The van der Waals surface area contributed by atoms with Crippen molar-refractivity contribution in [2.75, 3.05) is 38.3 Å². The summed E-state index contributed by atoms with van der Waals surface area (Å²) < 4.78 is 10.7. The van der Waals surface area contributed by atoms with Crippen LogP contribution in [0.3, 0.4) is 0 Å². The first-order chi connectivity index (χ1) is 10.3. The highest BCUT2D eigenvalue weighted by Crippen LogP contribution is 2.26. The van der Waals surface area contributed by atoms with Gasteiger partial charge in [0, 0.05) is 31.5 Å². The van der Waals surface area contributed by atoms with Crippen molar-refractivity contribution in [1.29, 1.82) is 5.26 Å². The van der Waals surface area contributed by atoms with Gasteiger partial charge in [-0.15, -0.1) is 0 Å². The normalized spacial score (nSPS) is 16.0. The number of aliphatic hydroxyl groups is 1. The largest absolute Gasteiger partial charge is 0.392 e. The zero-order valence-electron chi connectivity index (χ0n) is 12.4. The van der Waals surface area contributed by atoms with Crippen LogP contribution in [0.15, 0.2) is 18.2 Å². The number of aliphatic hydroxyl groups excluding tert-OH is 1. The molecule has 0 bridgehead atoms. The maximum atomic E-state index is 9.49. The van der Waals surface area contributed by atoms with E-state index in [1.54, 1.807) is 19.2 Å². The van der Waals surface area contributed by atoms with Crippen molar-refractivity contribution < 1.29 is 14.6 Å². The van der Waals surface area contributed by atoms with Crippen molar-refractivity contribution in [1.82, 2.24) is 0 Å². The molecule has 1 saturated heterocycles. The van der Waals surface area contributed by atoms with Crippen molar-refractivity contribution in [3.8, 4) is 6.07 Å². The SMILES string of the molecule is COCCOC1CCN(c2ccc(C#N)cc2CO)CC1. The van der Waals surface area contributed by atoms with Gasteiger partial charge >= 0.3 is 0 Å². The van der Waals surface area contributed by atoms with E-state index in [0.29, 0.717) is 18.8 Å². The molecule has 1 aliphatic rings. The molecule has 0 atom stereocenters. The molecule has 1 aromatic carbocycles. The van der Waals surface area contributed by atoms with Crippen molar-refractivity contribution in [3.63, 3.8) is 0 Å². The average molecular weight is 290 g/mol. The maximum Gasteiger partial charge on any atom is 0.0991 e. The fourth-order valence-corrected chi connectivity index (χ4v) is 2.65. The second kappa shape index (κ2) is 7.99. The molecule has 2 rings (SSSR count). The first kappa shape index (κ1) is 15.8. The molecule has 1 fully saturated rings. The molecule has 5 heteroatoms. The predicted molar refractivity (Wildman–Crippen MR) is 80.1 cm³/mol. The van der Waals surface area contributed by atoms with Gasteiger partial charge in [0.15, 0.2) is 0 Å². The Morgan fingerprint density at radius 3 is 2.71 bits per heavy atom. The maximum absolute atomic E-state index is 9.49. The van der Waals surface area contributed by atoms with Crippen LogP contribution < -0.4 is 4.90 Å². The summed E-state index contributed by atoms with van der Waals surface area (Å²) in [6.07, 6.45) is 2.22. The lowest BCUT2D eigenvalue weighted by Gasteiger charge is -2.34. The van der Waals surface area contributed by atoms with Crippen molar-refractivity contribution in [2.45, 2.75) is 25.6 Å². The first-order valence-electron chi connectivity index (χ1n) is 7.28. The Morgan fingerprint density at radius 2 is 2.10 bits per heavy atom. The summed E-state index contributed by atoms with van der Waals surface area (Å²) in [5, 5.41) is 18.4. The number of hydrogen-bond acceptors (Lipinski definition) is 5. The van der Waals surface area contributed by atoms with E-state index in [9.17, 15) is 5.11 Å². The lowest BCUT2D eigenvalue weighted by atomic mass is 10.0. The highest BCUT2D eigenvalue weighted by Gasteiger charge is 2.21. The van der Waals surface area contributed by atoms with Crippen LogP contribution in [0.25, 0.3) is 0 Å². The van der Waals surface area contributed by atoms with Crippen LogP contribution >= 0.6 is 0 Å². The number of nitrogens with zero attached hydrogens (tertiary/aromatic N) is 2. The summed E-state index contributed by atoms with van der Waals surface area (Å²) >= 11 is 0. The average Bonchev–Trinajstić information content (AvgIpc) is 2.55. The van der Waals surface area contributed by atoms with Gasteiger partial charge < -0.3 is 19.5 Å². The van der Waals surface area contributed by atoms with Crippen LogP contribution in [-0.2, 0) is 16.1 Å². The molecule has 21 heavy (non-hydrogen) atoms. The van der Waals surface area contributed by atoms with Gasteiger partial charge in [-0.2, -0.15) is 5.26 Å². The van der Waals surface area contributed by atoms with E-state index in [1.165, 1.54) is 0 Å². The molecular formula is C16H22N2O3. The predicted octanol–water partition coefficient (Wildman–Crippen LogP) is 1.68. The van der Waals surface area contributed by atoms with E-state index in [0.717, 1.165) is 37.2 Å². The first-order valence-corrected chi connectivity index (χ1v) is 7.28. The van der Waals surface area contributed by atoms with Crippen LogP contribution in [0, 0.1) is 11.3 Å². The monoisotopic (exact) mass is 290 g/mol. The zero-order chi connectivity index (χ0) is 15.1. The molecule has 1 aliphatic heterocycles. The third kappa shape index (κ3) is 4.18. The molecule has 5 nitrogen and oxygen atoms in total. The molecule has 0 aromatic heterocycles. The Morgan fingerprint density at radius 1 is 1.33 bits per heavy atom. The lowest BCUT2D eigenvalue weighted by molar-refractivity contribution is 0.00608. The lowest BCUT2D eigenvalue weighted by Crippen LogP contribution is -2.37. The quantitative estimate of drug-likeness (QED) is 0.808. The van der Waals surface area contributed by atoms with E-state index in [4.69, 9.17) is 14.7 Å². The Balaban J connectivity index is 1.94. The fraction of sp³-hybridized carbons (Fsp3) is 0.562. The molecule has 0 spiro atoms. The number of hydrogen-bond donors (Lipinski definition) is 1. The van der Waals surface area contributed by atoms with Gasteiger partial charge in [-0.05, 0) is 31.0 Å². The number of benzene rings is 1. The third-order valence-corrected chi connectivity index (χ3v) is 3.80. The van der Waals surface area contributed by atoms with Gasteiger partial charge in [0.2, 0.25) is 0 Å². The van der Waals surface area contributed by atoms with E-state index in [-0.39, 0.29) is 12.7 Å². The van der Waals surface area contributed by atoms with Crippen LogP contribution in [-0.4, -0.2) is 44.6 Å². The second-order valence-corrected chi connectivity index (χ2v) is 5.16. The summed E-state index contributed by atoms with van der Waals surface area (Å²) in [4.78, 5) is 2.25. The Hall–Kier alpha value is -1.61. The summed E-state index contributed by atoms with van der Waals surface area (Å²) in [5.74, 6) is 0. The topological polar surface area (TPSA) is 65.7 Å². The van der Waals surface area contributed by atoms with Crippen LogP contribution in [0.5, 0.6) is 0 Å². The van der Waals surface area contributed by atoms with E-state index in [2.05, 4.69) is 11.0 Å². The highest BCUT2D eigenvalue weighted by atomic mass is 16.5. The fourth-order valence-electron chi connectivity index (χ4n) is 2.65. The third-order valence-electron chi connectivity index (χ3n) is 3.80. The molecule has 0 radical (unpaired) electrons. The minimum atomic E-state index is -0.0465. The molecular weight excluding hydrogens is 268 g/mol. The minimum absolute atomic E-state index is 0.0465. The van der Waals surface area contributed by atoms with Crippen molar-refractivity contribution in [3.05, 3.63) is 29.3 Å². The number of nitriles is 1. The van der Waals surface area contributed by atoms with Crippen LogP contribution in [0.2, 0.25) is 0 Å². The van der Waals surface area contributed by atoms with Gasteiger partial charge in [-0.25, -0.2) is 0 Å². The molecule has 0 amide bonds. The number of methoxy groups -OCH3 is 1. The molecule has 1 aromatic rings. The molecule has 0 saturated carbocycles. The Labute approximate surface area is 125 Å². The summed E-state index contributed by atoms with van der Waals surface area (Å²) in [5.41, 5.74) is 2.42. The van der Waals surface area contributed by atoms with Crippen LogP contribution in [0.4, 0.5) is 5.69 Å². The summed E-state index contributed by atoms with van der Waals surface area (Å²) in [6, 6.07) is 7.59. The van der Waals surface area contributed by atoms with Crippen molar-refractivity contribution in [2.24, 2.45) is 0 Å². The standard InChI is InChI=1S/C16H22N2O3/c1-20-8-9-21-15-4-6-18(7-5-15)16-3-2-13(11-17)10-14(16)12-19/h2-3,10,15,19H,4-9,12H2,1H3. The number of rotatable bonds is 6. The van der Waals surface area contributed by atoms with E-state index < -0.39 is 0 Å². The molecule has 114 valence electrons. The van der Waals surface area contributed by atoms with E-state index >= 15 is 0 Å². The van der Waals surface area contributed by atoms with Gasteiger partial charge in [0.1, 0.15) is 0 Å². The molecule has 0 aliphatic carbocycles. The number of piperidine rings is 1. The molecule has 1 N–H and O–H groups in total. The highest BCUT2D eigenvalue weighted by molar-refractivity contribution is 5.56. The van der Waals surface area contributed by atoms with Gasteiger partial charge in [-0.1, -0.05) is 0 Å². The second-order valence-electron chi connectivity index (χ2n) is 5.16. The van der Waals surface area contributed by atoms with E-state index in [1.807, 2.05) is 6.07 Å². The smallest absolute Gasteiger partial charge is 0.0991 e. The molecule has 1 heterocycles. The zero-order valence-corrected chi connectivity index (χ0v) is 12.4. The van der Waals surface area contributed by atoms with Gasteiger partial charge in [0.05, 0.1) is 37.6 Å². The minimum Gasteiger partial charge on any atom is -0.392 e. The van der Waals surface area contributed by atoms with Gasteiger partial charge in [-0.3, -0.25) is 0 Å².